The molecule has 4 nitrogen and oxygen atoms in total. The lowest BCUT2D eigenvalue weighted by atomic mass is 9.95. The third-order valence-electron chi connectivity index (χ3n) is 3.27. The van der Waals surface area contributed by atoms with Gasteiger partial charge >= 0.3 is 6.03 Å². The maximum atomic E-state index is 13.6. The van der Waals surface area contributed by atoms with Crippen LogP contribution in [0, 0.1) is 5.82 Å². The van der Waals surface area contributed by atoms with Crippen LogP contribution in [-0.2, 0) is 0 Å². The average molecular weight is 300 g/mol. The molecule has 3 N–H and O–H groups in total. The summed E-state index contributed by atoms with van der Waals surface area (Å²) in [6, 6.07) is 4.17. The molecule has 0 aliphatic heterocycles. The zero-order valence-corrected chi connectivity index (χ0v) is 12.8. The van der Waals surface area contributed by atoms with E-state index in [4.69, 9.17) is 5.11 Å². The van der Waals surface area contributed by atoms with Crippen LogP contribution in [0.4, 0.5) is 14.9 Å². The number of amides is 2. The van der Waals surface area contributed by atoms with Crippen molar-refractivity contribution in [3.05, 3.63) is 24.0 Å². The van der Waals surface area contributed by atoms with Gasteiger partial charge in [-0.3, -0.25) is 0 Å². The number of anilines is 1. The van der Waals surface area contributed by atoms with Crippen LogP contribution in [0.3, 0.4) is 0 Å². The van der Waals surface area contributed by atoms with E-state index in [0.717, 1.165) is 0 Å². The minimum atomic E-state index is -0.476. The zero-order chi connectivity index (χ0) is 15.2. The number of halogens is 1. The van der Waals surface area contributed by atoms with Crippen LogP contribution in [0.1, 0.15) is 26.7 Å². The molecule has 112 valence electrons. The summed E-state index contributed by atoms with van der Waals surface area (Å²) >= 11 is 1.31. The predicted octanol–water partition coefficient (Wildman–Crippen LogP) is 3.22. The molecular formula is C14H21FN2O2S. The fourth-order valence-corrected chi connectivity index (χ4v) is 2.21. The molecule has 1 aromatic rings. The Hall–Kier alpha value is -1.27. The van der Waals surface area contributed by atoms with Crippen molar-refractivity contribution in [3.63, 3.8) is 0 Å². The number of carbonyl (C=O) groups is 1. The van der Waals surface area contributed by atoms with Crippen molar-refractivity contribution in [1.29, 1.82) is 0 Å². The summed E-state index contributed by atoms with van der Waals surface area (Å²) in [7, 11) is 0. The van der Waals surface area contributed by atoms with Crippen LogP contribution >= 0.6 is 11.8 Å². The molecule has 0 bridgehead atoms. The summed E-state index contributed by atoms with van der Waals surface area (Å²) < 4.78 is 13.6. The maximum absolute atomic E-state index is 13.6. The third kappa shape index (κ3) is 4.68. The number of hydrogen-bond acceptors (Lipinski definition) is 3. The van der Waals surface area contributed by atoms with Crippen LogP contribution in [0.5, 0.6) is 0 Å². The van der Waals surface area contributed by atoms with Gasteiger partial charge in [-0.05, 0) is 44.2 Å². The van der Waals surface area contributed by atoms with Gasteiger partial charge in [-0.25, -0.2) is 9.18 Å². The lowest BCUT2D eigenvalue weighted by molar-refractivity contribution is 0.208. The molecule has 6 heteroatoms. The summed E-state index contributed by atoms with van der Waals surface area (Å²) in [4.78, 5) is 12.4. The Kier molecular flexibility index (Phi) is 6.29. The molecule has 1 rings (SSSR count). The average Bonchev–Trinajstić information content (AvgIpc) is 2.39. The first-order chi connectivity index (χ1) is 9.44. The molecule has 0 aliphatic carbocycles. The number of aliphatic hydroxyl groups is 1. The number of benzene rings is 1. The van der Waals surface area contributed by atoms with Crippen molar-refractivity contribution in [1.82, 2.24) is 5.32 Å². The number of urea groups is 1. The summed E-state index contributed by atoms with van der Waals surface area (Å²) in [5.41, 5.74) is -0.0726. The fraction of sp³-hybridized carbons (Fsp3) is 0.500. The van der Waals surface area contributed by atoms with E-state index in [0.29, 0.717) is 23.4 Å². The molecule has 20 heavy (non-hydrogen) atoms. The molecule has 0 saturated heterocycles. The molecular weight excluding hydrogens is 279 g/mol. The van der Waals surface area contributed by atoms with Crippen molar-refractivity contribution in [3.8, 4) is 0 Å². The highest BCUT2D eigenvalue weighted by Crippen LogP contribution is 2.22. The number of thioether (sulfide) groups is 1. The third-order valence-corrected chi connectivity index (χ3v) is 4.04. The van der Waals surface area contributed by atoms with Gasteiger partial charge < -0.3 is 15.7 Å². The Morgan fingerprint density at radius 3 is 2.70 bits per heavy atom. The zero-order valence-electron chi connectivity index (χ0n) is 12.0. The van der Waals surface area contributed by atoms with E-state index in [9.17, 15) is 9.18 Å². The van der Waals surface area contributed by atoms with E-state index < -0.39 is 11.6 Å². The monoisotopic (exact) mass is 300 g/mol. The molecule has 0 saturated carbocycles. The van der Waals surface area contributed by atoms with Gasteiger partial charge in [0.25, 0.3) is 0 Å². The lowest BCUT2D eigenvalue weighted by Crippen LogP contribution is -2.48. The van der Waals surface area contributed by atoms with Gasteiger partial charge in [-0.15, -0.1) is 11.8 Å². The minimum Gasteiger partial charge on any atom is -0.396 e. The van der Waals surface area contributed by atoms with Gasteiger partial charge in [-0.1, -0.05) is 6.92 Å². The molecule has 0 aromatic heterocycles. The molecule has 0 spiro atoms. The topological polar surface area (TPSA) is 61.4 Å². The first-order valence-electron chi connectivity index (χ1n) is 6.47. The lowest BCUT2D eigenvalue weighted by Gasteiger charge is -2.29. The smallest absolute Gasteiger partial charge is 0.319 e. The summed E-state index contributed by atoms with van der Waals surface area (Å²) in [6.45, 7) is 3.80. The Morgan fingerprint density at radius 2 is 2.20 bits per heavy atom. The van der Waals surface area contributed by atoms with Crippen molar-refractivity contribution in [2.75, 3.05) is 18.2 Å². The number of carbonyl (C=O) groups excluding carboxylic acids is 1. The second-order valence-electron chi connectivity index (χ2n) is 4.82. The summed E-state index contributed by atoms with van der Waals surface area (Å²) in [5.74, 6) is -0.357. The largest absolute Gasteiger partial charge is 0.396 e. The number of rotatable bonds is 6. The second kappa shape index (κ2) is 7.50. The standard InChI is InChI=1S/C14H21FN2O2S/c1-4-14(2,7-8-18)17-13(19)16-10-5-6-12(20-3)11(15)9-10/h5-6,9,18H,4,7-8H2,1-3H3,(H2,16,17,19). The highest BCUT2D eigenvalue weighted by atomic mass is 32.2. The molecule has 0 heterocycles. The Morgan fingerprint density at radius 1 is 1.50 bits per heavy atom. The normalized spacial score (nSPS) is 13.7. The highest BCUT2D eigenvalue weighted by Gasteiger charge is 2.23. The van der Waals surface area contributed by atoms with E-state index in [1.165, 1.54) is 17.8 Å². The van der Waals surface area contributed by atoms with Crippen molar-refractivity contribution in [2.24, 2.45) is 0 Å². The van der Waals surface area contributed by atoms with E-state index in [2.05, 4.69) is 10.6 Å². The SMILES string of the molecule is CCC(C)(CCO)NC(=O)Nc1ccc(SC)c(F)c1. The van der Waals surface area contributed by atoms with Gasteiger partial charge in [0.2, 0.25) is 0 Å². The molecule has 0 aliphatic rings. The Bertz CT molecular complexity index is 470. The van der Waals surface area contributed by atoms with Crippen LogP contribution in [0.2, 0.25) is 0 Å². The van der Waals surface area contributed by atoms with Crippen LogP contribution in [-0.4, -0.2) is 29.5 Å². The minimum absolute atomic E-state index is 0.00166. The second-order valence-corrected chi connectivity index (χ2v) is 5.66. The Labute approximate surface area is 123 Å². The van der Waals surface area contributed by atoms with Gasteiger partial charge in [-0.2, -0.15) is 0 Å². The molecule has 1 aromatic carbocycles. The van der Waals surface area contributed by atoms with Crippen molar-refractivity contribution in [2.45, 2.75) is 37.1 Å². The Balaban J connectivity index is 2.68. The highest BCUT2D eigenvalue weighted by molar-refractivity contribution is 7.98. The van der Waals surface area contributed by atoms with Crippen molar-refractivity contribution >= 4 is 23.5 Å². The summed E-state index contributed by atoms with van der Waals surface area (Å²) in [5, 5.41) is 14.4. The number of hydrogen-bond donors (Lipinski definition) is 3. The van der Waals surface area contributed by atoms with Gasteiger partial charge in [0, 0.05) is 22.7 Å². The van der Waals surface area contributed by atoms with Gasteiger partial charge in [0.05, 0.1) is 0 Å². The van der Waals surface area contributed by atoms with Crippen LogP contribution in [0.25, 0.3) is 0 Å². The molecule has 0 fully saturated rings. The maximum Gasteiger partial charge on any atom is 0.319 e. The molecule has 1 atom stereocenters. The summed E-state index contributed by atoms with van der Waals surface area (Å²) in [6.07, 6.45) is 2.96. The van der Waals surface area contributed by atoms with E-state index in [-0.39, 0.29) is 12.4 Å². The van der Waals surface area contributed by atoms with Gasteiger partial charge in [0.1, 0.15) is 5.82 Å². The van der Waals surface area contributed by atoms with E-state index in [1.807, 2.05) is 13.8 Å². The number of aliphatic hydroxyl groups excluding tert-OH is 1. The number of nitrogens with one attached hydrogen (secondary N) is 2. The quantitative estimate of drug-likeness (QED) is 0.707. The first kappa shape index (κ1) is 16.8. The van der Waals surface area contributed by atoms with Crippen molar-refractivity contribution < 1.29 is 14.3 Å². The van der Waals surface area contributed by atoms with Gasteiger partial charge in [0.15, 0.2) is 0 Å². The fourth-order valence-electron chi connectivity index (χ4n) is 1.75. The molecule has 0 radical (unpaired) electrons. The van der Waals surface area contributed by atoms with Crippen LogP contribution in [0.15, 0.2) is 23.1 Å². The van der Waals surface area contributed by atoms with E-state index >= 15 is 0 Å². The van der Waals surface area contributed by atoms with E-state index in [1.54, 1.807) is 18.4 Å². The first-order valence-corrected chi connectivity index (χ1v) is 7.70. The van der Waals surface area contributed by atoms with Crippen LogP contribution < -0.4 is 10.6 Å². The molecule has 2 amide bonds. The predicted molar refractivity (Wildman–Crippen MR) is 80.7 cm³/mol. The molecule has 1 unspecified atom stereocenters.